The van der Waals surface area contributed by atoms with Crippen molar-refractivity contribution >= 4 is 29.7 Å². The predicted molar refractivity (Wildman–Crippen MR) is 75.1 cm³/mol. The fraction of sp³-hybridized carbons (Fsp3) is 0. The summed E-state index contributed by atoms with van der Waals surface area (Å²) in [6, 6.07) is 9.00. The van der Waals surface area contributed by atoms with Gasteiger partial charge in [0.1, 0.15) is 28.2 Å². The van der Waals surface area contributed by atoms with Gasteiger partial charge in [-0.2, -0.15) is 5.26 Å². The van der Waals surface area contributed by atoms with Crippen LogP contribution in [0.1, 0.15) is 5.76 Å². The lowest BCUT2D eigenvalue weighted by molar-refractivity contribution is -0.384. The highest BCUT2D eigenvalue weighted by molar-refractivity contribution is 6.32. The molecule has 21 heavy (non-hydrogen) atoms. The molecule has 1 aromatic heterocycles. The minimum absolute atomic E-state index is 0.0257. The van der Waals surface area contributed by atoms with Crippen molar-refractivity contribution < 1.29 is 14.1 Å². The van der Waals surface area contributed by atoms with E-state index in [1.807, 2.05) is 0 Å². The Morgan fingerprint density at radius 1 is 1.38 bits per heavy atom. The van der Waals surface area contributed by atoms with Gasteiger partial charge in [-0.1, -0.05) is 11.6 Å². The lowest BCUT2D eigenvalue weighted by atomic mass is 10.1. The summed E-state index contributed by atoms with van der Waals surface area (Å²) < 4.78 is 5.41. The molecule has 0 bridgehead atoms. The predicted octanol–water partition coefficient (Wildman–Crippen LogP) is 3.52. The second-order valence-electron chi connectivity index (χ2n) is 3.90. The molecule has 2 aromatic rings. The molecule has 0 atom stereocenters. The summed E-state index contributed by atoms with van der Waals surface area (Å²) >= 11 is 5.73. The van der Waals surface area contributed by atoms with E-state index in [0.29, 0.717) is 11.3 Å². The first-order valence-corrected chi connectivity index (χ1v) is 5.97. The van der Waals surface area contributed by atoms with Gasteiger partial charge in [0.15, 0.2) is 0 Å². The molecule has 6 nitrogen and oxygen atoms in total. The lowest BCUT2D eigenvalue weighted by Crippen LogP contribution is -1.89. The number of furan rings is 1. The average Bonchev–Trinajstić information content (AvgIpc) is 2.93. The number of nitriles is 1. The average molecular weight is 302 g/mol. The van der Waals surface area contributed by atoms with Gasteiger partial charge in [-0.05, 0) is 24.3 Å². The molecule has 103 valence electrons. The van der Waals surface area contributed by atoms with Crippen molar-refractivity contribution in [3.05, 3.63) is 56.8 Å². The number of nitrogens with zero attached hydrogens (tertiary/aromatic N) is 2. The third-order valence-electron chi connectivity index (χ3n) is 2.57. The standard InChI is InChI=1S/C14H6ClN2O4/c15-12-3-1-10(6-13(12)17(19)20)14-4-2-11(21-14)5-9(7-16)8-18/h1-6H/b9-5+. The zero-order valence-electron chi connectivity index (χ0n) is 10.4. The summed E-state index contributed by atoms with van der Waals surface area (Å²) in [5, 5.41) is 19.5. The van der Waals surface area contributed by atoms with Crippen molar-refractivity contribution in [2.24, 2.45) is 0 Å². The first kappa shape index (κ1) is 14.5. The van der Waals surface area contributed by atoms with Gasteiger partial charge in [0, 0.05) is 17.7 Å². The zero-order valence-corrected chi connectivity index (χ0v) is 11.1. The smallest absolute Gasteiger partial charge is 0.288 e. The minimum Gasteiger partial charge on any atom is -0.457 e. The largest absolute Gasteiger partial charge is 0.457 e. The number of allylic oxidation sites excluding steroid dienone is 1. The van der Waals surface area contributed by atoms with Gasteiger partial charge in [-0.15, -0.1) is 0 Å². The van der Waals surface area contributed by atoms with Crippen LogP contribution in [0.15, 0.2) is 40.3 Å². The van der Waals surface area contributed by atoms with Crippen LogP contribution in [-0.2, 0) is 4.79 Å². The number of nitro groups is 1. The summed E-state index contributed by atoms with van der Waals surface area (Å²) in [7, 11) is 0. The van der Waals surface area contributed by atoms with E-state index in [2.05, 4.69) is 0 Å². The van der Waals surface area contributed by atoms with Gasteiger partial charge in [0.05, 0.1) is 4.92 Å². The van der Waals surface area contributed by atoms with E-state index in [1.165, 1.54) is 30.6 Å². The summed E-state index contributed by atoms with van der Waals surface area (Å²) in [5.41, 5.74) is 0.0129. The SMILES string of the molecule is N#C/C([C]=O)=C\c1ccc(-c2ccc(Cl)c([N+](=O)[O-])c2)o1. The Kier molecular flexibility index (Phi) is 4.16. The number of halogens is 1. The summed E-state index contributed by atoms with van der Waals surface area (Å²) in [5.74, 6) is 0.617. The maximum Gasteiger partial charge on any atom is 0.288 e. The molecule has 0 aliphatic rings. The molecule has 0 unspecified atom stereocenters. The maximum atomic E-state index is 10.8. The molecule has 0 saturated heterocycles. The van der Waals surface area contributed by atoms with Crippen LogP contribution in [0, 0.1) is 21.4 Å². The van der Waals surface area contributed by atoms with Gasteiger partial charge >= 0.3 is 0 Å². The highest BCUT2D eigenvalue weighted by Gasteiger charge is 2.15. The van der Waals surface area contributed by atoms with Crippen LogP contribution < -0.4 is 0 Å². The van der Waals surface area contributed by atoms with E-state index in [0.717, 1.165) is 0 Å². The number of carbonyl (C=O) groups excluding carboxylic acids is 1. The lowest BCUT2D eigenvalue weighted by Gasteiger charge is -1.99. The molecule has 0 fully saturated rings. The molecule has 1 radical (unpaired) electrons. The van der Waals surface area contributed by atoms with Gasteiger partial charge in [0.25, 0.3) is 5.69 Å². The molecule has 1 aromatic carbocycles. The molecule has 0 N–H and O–H groups in total. The molecule has 0 aliphatic carbocycles. The van der Waals surface area contributed by atoms with Crippen molar-refractivity contribution in [2.75, 3.05) is 0 Å². The molecular formula is C14H6ClN2O4. The van der Waals surface area contributed by atoms with Crippen LogP contribution in [0.5, 0.6) is 0 Å². The quantitative estimate of drug-likeness (QED) is 0.372. The molecule has 2 rings (SSSR count). The molecule has 0 spiro atoms. The van der Waals surface area contributed by atoms with Gasteiger partial charge < -0.3 is 4.42 Å². The number of rotatable bonds is 4. The minimum atomic E-state index is -0.593. The van der Waals surface area contributed by atoms with E-state index in [-0.39, 0.29) is 22.0 Å². The first-order chi connectivity index (χ1) is 10.0. The van der Waals surface area contributed by atoms with Gasteiger partial charge in [0.2, 0.25) is 6.29 Å². The Morgan fingerprint density at radius 2 is 2.14 bits per heavy atom. The van der Waals surface area contributed by atoms with Crippen LogP contribution in [0.4, 0.5) is 5.69 Å². The van der Waals surface area contributed by atoms with Crippen molar-refractivity contribution in [3.63, 3.8) is 0 Å². The van der Waals surface area contributed by atoms with E-state index < -0.39 is 4.92 Å². The Bertz CT molecular complexity index is 787. The highest BCUT2D eigenvalue weighted by Crippen LogP contribution is 2.31. The fourth-order valence-electron chi connectivity index (χ4n) is 1.62. The third-order valence-corrected chi connectivity index (χ3v) is 2.89. The number of benzene rings is 1. The van der Waals surface area contributed by atoms with Crippen LogP contribution >= 0.6 is 11.6 Å². The number of nitro benzene ring substituents is 1. The van der Waals surface area contributed by atoms with Crippen LogP contribution in [-0.4, -0.2) is 11.2 Å². The zero-order chi connectivity index (χ0) is 15.4. The Balaban J connectivity index is 2.41. The fourth-order valence-corrected chi connectivity index (χ4v) is 1.80. The first-order valence-electron chi connectivity index (χ1n) is 5.59. The van der Waals surface area contributed by atoms with Crippen LogP contribution in [0.3, 0.4) is 0 Å². The summed E-state index contributed by atoms with van der Waals surface area (Å²) in [4.78, 5) is 20.7. The number of hydrogen-bond acceptors (Lipinski definition) is 5. The second-order valence-corrected chi connectivity index (χ2v) is 4.30. The second kappa shape index (κ2) is 6.03. The van der Waals surface area contributed by atoms with Gasteiger partial charge in [-0.3, -0.25) is 14.9 Å². The summed E-state index contributed by atoms with van der Waals surface area (Å²) in [6.45, 7) is 0. The Labute approximate surface area is 124 Å². The topological polar surface area (TPSA) is 97.1 Å². The molecule has 0 saturated carbocycles. The van der Waals surface area contributed by atoms with E-state index in [9.17, 15) is 14.9 Å². The summed E-state index contributed by atoms with van der Waals surface area (Å²) in [6.07, 6.45) is 2.69. The monoisotopic (exact) mass is 301 g/mol. The third kappa shape index (κ3) is 3.16. The highest BCUT2D eigenvalue weighted by atomic mass is 35.5. The Hall–Kier alpha value is -2.91. The maximum absolute atomic E-state index is 10.8. The molecule has 0 amide bonds. The molecule has 0 aliphatic heterocycles. The van der Waals surface area contributed by atoms with Crippen molar-refractivity contribution in [1.82, 2.24) is 0 Å². The van der Waals surface area contributed by atoms with Crippen LogP contribution in [0.25, 0.3) is 17.4 Å². The van der Waals surface area contributed by atoms with E-state index >= 15 is 0 Å². The normalized spacial score (nSPS) is 11.0. The molecule has 1 heterocycles. The van der Waals surface area contributed by atoms with Crippen molar-refractivity contribution in [3.8, 4) is 17.4 Å². The van der Waals surface area contributed by atoms with Crippen molar-refractivity contribution in [2.45, 2.75) is 0 Å². The molecular weight excluding hydrogens is 296 g/mol. The molecule has 7 heteroatoms. The number of hydrogen-bond donors (Lipinski definition) is 0. The Morgan fingerprint density at radius 3 is 2.76 bits per heavy atom. The van der Waals surface area contributed by atoms with Crippen LogP contribution in [0.2, 0.25) is 5.02 Å². The van der Waals surface area contributed by atoms with E-state index in [4.69, 9.17) is 21.3 Å². The van der Waals surface area contributed by atoms with E-state index in [1.54, 1.807) is 18.2 Å². The van der Waals surface area contributed by atoms with Crippen molar-refractivity contribution in [1.29, 1.82) is 5.26 Å². The van der Waals surface area contributed by atoms with Gasteiger partial charge in [-0.25, -0.2) is 0 Å².